The number of rotatable bonds is 4. The number of likely N-dealkylation sites (tertiary alicyclic amines) is 1. The lowest BCUT2D eigenvalue weighted by Crippen LogP contribution is -2.47. The molecule has 2 saturated heterocycles. The summed E-state index contributed by atoms with van der Waals surface area (Å²) >= 11 is 7.76. The van der Waals surface area contributed by atoms with Gasteiger partial charge in [0.1, 0.15) is 0 Å². The summed E-state index contributed by atoms with van der Waals surface area (Å²) in [5.41, 5.74) is 0. The van der Waals surface area contributed by atoms with Crippen LogP contribution in [0.3, 0.4) is 0 Å². The first-order chi connectivity index (χ1) is 10.6. The Kier molecular flexibility index (Phi) is 5.28. The summed E-state index contributed by atoms with van der Waals surface area (Å²) in [6, 6.07) is 0.0870. The summed E-state index contributed by atoms with van der Waals surface area (Å²) in [7, 11) is 0. The molecule has 0 radical (unpaired) electrons. The molecule has 1 N–H and O–H groups in total. The average Bonchev–Trinajstić information content (AvgIpc) is 3.12. The van der Waals surface area contributed by atoms with Gasteiger partial charge in [-0.1, -0.05) is 11.6 Å². The van der Waals surface area contributed by atoms with E-state index in [2.05, 4.69) is 10.00 Å². The lowest BCUT2D eigenvalue weighted by atomic mass is 10.2. The normalized spacial score (nSPS) is 26.5. The molecular formula is C14H21ClN4O2S. The molecule has 2 fully saturated rings. The minimum absolute atomic E-state index is 0.0690. The van der Waals surface area contributed by atoms with E-state index >= 15 is 0 Å². The fourth-order valence-corrected chi connectivity index (χ4v) is 4.16. The number of carbonyl (C=O) groups is 1. The maximum absolute atomic E-state index is 12.3. The number of nitrogens with zero attached hydrogens (tertiary/aromatic N) is 4. The van der Waals surface area contributed by atoms with Gasteiger partial charge >= 0.3 is 0 Å². The number of hydrogen-bond donors (Lipinski definition) is 1. The molecule has 0 unspecified atom stereocenters. The number of amides is 1. The summed E-state index contributed by atoms with van der Waals surface area (Å²) in [5, 5.41) is 14.9. The minimum Gasteiger partial charge on any atom is -0.390 e. The van der Waals surface area contributed by atoms with E-state index in [4.69, 9.17) is 11.6 Å². The number of aliphatic hydroxyl groups excluding tert-OH is 1. The van der Waals surface area contributed by atoms with Gasteiger partial charge in [-0.15, -0.1) is 0 Å². The fraction of sp³-hybridized carbons (Fsp3) is 0.714. The zero-order valence-electron chi connectivity index (χ0n) is 12.4. The highest BCUT2D eigenvalue weighted by Crippen LogP contribution is 2.21. The molecule has 2 aliphatic rings. The Labute approximate surface area is 139 Å². The molecule has 22 heavy (non-hydrogen) atoms. The van der Waals surface area contributed by atoms with E-state index < -0.39 is 6.10 Å². The number of hydrogen-bond acceptors (Lipinski definition) is 5. The smallest absolute Gasteiger partial charge is 0.224 e. The van der Waals surface area contributed by atoms with Gasteiger partial charge < -0.3 is 10.0 Å². The molecule has 0 bridgehead atoms. The third-order valence-electron chi connectivity index (χ3n) is 4.28. The predicted molar refractivity (Wildman–Crippen MR) is 87.1 cm³/mol. The molecule has 1 amide bonds. The first-order valence-corrected chi connectivity index (χ1v) is 9.12. The summed E-state index contributed by atoms with van der Waals surface area (Å²) < 4.78 is 1.67. The second kappa shape index (κ2) is 7.21. The van der Waals surface area contributed by atoms with Crippen LogP contribution in [0.4, 0.5) is 0 Å². The van der Waals surface area contributed by atoms with E-state index in [1.165, 1.54) is 0 Å². The molecule has 122 valence electrons. The molecule has 1 aromatic rings. The molecule has 8 heteroatoms. The SMILES string of the molecule is O=C(CCn1cc(Cl)cn1)N1C[C@H](O)[C@@H](N2CCSCC2)C1. The maximum Gasteiger partial charge on any atom is 0.224 e. The third kappa shape index (κ3) is 3.76. The van der Waals surface area contributed by atoms with E-state index in [0.717, 1.165) is 24.6 Å². The molecular weight excluding hydrogens is 324 g/mol. The largest absolute Gasteiger partial charge is 0.390 e. The number of aryl methyl sites for hydroxylation is 1. The van der Waals surface area contributed by atoms with Crippen molar-refractivity contribution in [2.24, 2.45) is 0 Å². The van der Waals surface area contributed by atoms with Crippen molar-refractivity contribution in [1.82, 2.24) is 19.6 Å². The number of β-amino-alcohol motifs (C(OH)–C–C–N with tert-alkyl or cyclic N) is 1. The number of carbonyl (C=O) groups excluding carboxylic acids is 1. The quantitative estimate of drug-likeness (QED) is 0.864. The lowest BCUT2D eigenvalue weighted by molar-refractivity contribution is -0.130. The van der Waals surface area contributed by atoms with Crippen LogP contribution in [-0.4, -0.2) is 80.4 Å². The van der Waals surface area contributed by atoms with Gasteiger partial charge in [-0.2, -0.15) is 16.9 Å². The molecule has 2 atom stereocenters. The molecule has 0 aromatic carbocycles. The van der Waals surface area contributed by atoms with Crippen molar-refractivity contribution in [2.45, 2.75) is 25.1 Å². The van der Waals surface area contributed by atoms with Gasteiger partial charge in [0.15, 0.2) is 0 Å². The Morgan fingerprint density at radius 3 is 2.86 bits per heavy atom. The van der Waals surface area contributed by atoms with Crippen LogP contribution in [0.15, 0.2) is 12.4 Å². The van der Waals surface area contributed by atoms with Gasteiger partial charge in [-0.3, -0.25) is 14.4 Å². The van der Waals surface area contributed by atoms with E-state index in [9.17, 15) is 9.90 Å². The Morgan fingerprint density at radius 2 is 2.18 bits per heavy atom. The molecule has 3 heterocycles. The van der Waals surface area contributed by atoms with Crippen molar-refractivity contribution < 1.29 is 9.90 Å². The van der Waals surface area contributed by atoms with Crippen LogP contribution >= 0.6 is 23.4 Å². The highest BCUT2D eigenvalue weighted by atomic mass is 35.5. The zero-order chi connectivity index (χ0) is 15.5. The van der Waals surface area contributed by atoms with Crippen LogP contribution in [-0.2, 0) is 11.3 Å². The van der Waals surface area contributed by atoms with Gasteiger partial charge in [-0.05, 0) is 0 Å². The van der Waals surface area contributed by atoms with Crippen LogP contribution in [0, 0.1) is 0 Å². The highest BCUT2D eigenvalue weighted by Gasteiger charge is 2.37. The van der Waals surface area contributed by atoms with Crippen molar-refractivity contribution in [3.05, 3.63) is 17.4 Å². The first kappa shape index (κ1) is 16.1. The maximum atomic E-state index is 12.3. The number of aromatic nitrogens is 2. The van der Waals surface area contributed by atoms with Crippen LogP contribution in [0.2, 0.25) is 5.02 Å². The minimum atomic E-state index is -0.439. The van der Waals surface area contributed by atoms with Gasteiger partial charge in [0, 0.05) is 56.8 Å². The molecule has 0 saturated carbocycles. The molecule has 6 nitrogen and oxygen atoms in total. The van der Waals surface area contributed by atoms with E-state index in [1.54, 1.807) is 22.0 Å². The number of thioether (sulfide) groups is 1. The van der Waals surface area contributed by atoms with Crippen molar-refractivity contribution >= 4 is 29.3 Å². The lowest BCUT2D eigenvalue weighted by Gasteiger charge is -2.33. The topological polar surface area (TPSA) is 61.6 Å². The Bertz CT molecular complexity index is 521. The molecule has 2 aliphatic heterocycles. The first-order valence-electron chi connectivity index (χ1n) is 7.59. The summed E-state index contributed by atoms with van der Waals surface area (Å²) in [6.07, 6.45) is 3.22. The number of aliphatic hydroxyl groups is 1. The van der Waals surface area contributed by atoms with Crippen LogP contribution in [0.25, 0.3) is 0 Å². The summed E-state index contributed by atoms with van der Waals surface area (Å²) in [4.78, 5) is 16.4. The molecule has 3 rings (SSSR count). The van der Waals surface area contributed by atoms with Gasteiger partial charge in [-0.25, -0.2) is 0 Å². The highest BCUT2D eigenvalue weighted by molar-refractivity contribution is 7.99. The third-order valence-corrected chi connectivity index (χ3v) is 5.42. The van der Waals surface area contributed by atoms with Crippen molar-refractivity contribution in [3.8, 4) is 0 Å². The second-order valence-corrected chi connectivity index (χ2v) is 7.41. The van der Waals surface area contributed by atoms with Crippen LogP contribution < -0.4 is 0 Å². The summed E-state index contributed by atoms with van der Waals surface area (Å²) in [5.74, 6) is 2.29. The van der Waals surface area contributed by atoms with E-state index in [-0.39, 0.29) is 11.9 Å². The number of halogens is 1. The molecule has 0 aliphatic carbocycles. The van der Waals surface area contributed by atoms with Crippen molar-refractivity contribution in [1.29, 1.82) is 0 Å². The monoisotopic (exact) mass is 344 g/mol. The summed E-state index contributed by atoms with van der Waals surface area (Å²) in [6.45, 7) is 3.58. The van der Waals surface area contributed by atoms with Gasteiger partial charge in [0.25, 0.3) is 0 Å². The molecule has 0 spiro atoms. The zero-order valence-corrected chi connectivity index (χ0v) is 14.0. The average molecular weight is 345 g/mol. The van der Waals surface area contributed by atoms with Gasteiger partial charge in [0.2, 0.25) is 5.91 Å². The Balaban J connectivity index is 1.51. The fourth-order valence-electron chi connectivity index (χ4n) is 3.07. The van der Waals surface area contributed by atoms with Crippen molar-refractivity contribution in [2.75, 3.05) is 37.7 Å². The van der Waals surface area contributed by atoms with Crippen LogP contribution in [0.5, 0.6) is 0 Å². The predicted octanol–water partition coefficient (Wildman–Crippen LogP) is 0.547. The van der Waals surface area contributed by atoms with Crippen LogP contribution in [0.1, 0.15) is 6.42 Å². The molecule has 1 aromatic heterocycles. The Morgan fingerprint density at radius 1 is 1.41 bits per heavy atom. The second-order valence-electron chi connectivity index (χ2n) is 5.75. The standard InChI is InChI=1S/C14H21ClN4O2S/c15-11-7-16-19(8-11)2-1-14(21)18-9-12(13(20)10-18)17-3-5-22-6-4-17/h7-8,12-13,20H,1-6,9-10H2/t12-,13-/m0/s1. The van der Waals surface area contributed by atoms with E-state index in [0.29, 0.717) is 31.1 Å². The van der Waals surface area contributed by atoms with Gasteiger partial charge in [0.05, 0.1) is 23.4 Å². The van der Waals surface area contributed by atoms with Crippen molar-refractivity contribution in [3.63, 3.8) is 0 Å². The van der Waals surface area contributed by atoms with E-state index in [1.807, 2.05) is 11.8 Å². The Hall–Kier alpha value is -0.760.